The molecule has 1 rings (SSSR count). The predicted octanol–water partition coefficient (Wildman–Crippen LogP) is 5.38. The van der Waals surface area contributed by atoms with Crippen LogP contribution in [-0.2, 0) is 6.42 Å². The number of aryl methyl sites for hydroxylation is 1. The van der Waals surface area contributed by atoms with E-state index in [2.05, 4.69) is 37.3 Å². The molecule has 0 bridgehead atoms. The Morgan fingerprint density at radius 1 is 0.667 bits per heavy atom. The number of rotatable bonds is 10. The Morgan fingerprint density at radius 3 is 1.72 bits per heavy atom. The molecule has 0 aliphatic heterocycles. The summed E-state index contributed by atoms with van der Waals surface area (Å²) >= 11 is 0. The first-order valence-corrected chi connectivity index (χ1v) is 7.47. The van der Waals surface area contributed by atoms with Gasteiger partial charge in [-0.2, -0.15) is 0 Å². The number of hydrogen-bond acceptors (Lipinski definition) is 0. The van der Waals surface area contributed by atoms with Crippen molar-refractivity contribution < 1.29 is 0 Å². The standard InChI is InChI=1S/C17H28.K/c1-2-3-4-5-6-7-8-9-11-14-17-15-12-10-13-16-17;/h10,12-13,15-16H,2-9,11,14H2,1H3;. The molecular weight excluding hydrogens is 243 g/mol. The molecular formula is C17H28K. The van der Waals surface area contributed by atoms with Crippen LogP contribution >= 0.6 is 0 Å². The Bertz CT molecular complexity index is 256. The van der Waals surface area contributed by atoms with Crippen LogP contribution in [0.4, 0.5) is 0 Å². The molecule has 0 aliphatic rings. The van der Waals surface area contributed by atoms with E-state index in [9.17, 15) is 0 Å². The van der Waals surface area contributed by atoms with Gasteiger partial charge in [-0.05, 0) is 18.4 Å². The Morgan fingerprint density at radius 2 is 1.17 bits per heavy atom. The summed E-state index contributed by atoms with van der Waals surface area (Å²) in [6, 6.07) is 10.9. The quantitative estimate of drug-likeness (QED) is 0.396. The molecule has 0 aliphatic carbocycles. The molecule has 1 radical (unpaired) electrons. The molecule has 1 heteroatoms. The van der Waals surface area contributed by atoms with Crippen molar-refractivity contribution in [1.29, 1.82) is 0 Å². The third-order valence-electron chi connectivity index (χ3n) is 3.41. The van der Waals surface area contributed by atoms with Crippen LogP contribution in [0.1, 0.15) is 70.3 Å². The van der Waals surface area contributed by atoms with Crippen molar-refractivity contribution in [1.82, 2.24) is 0 Å². The molecule has 0 spiro atoms. The van der Waals surface area contributed by atoms with E-state index in [1.807, 2.05) is 0 Å². The number of hydrogen-bond donors (Lipinski definition) is 0. The maximum Gasteiger partial charge on any atom is 0 e. The van der Waals surface area contributed by atoms with Crippen LogP contribution in [-0.4, -0.2) is 51.4 Å². The third-order valence-corrected chi connectivity index (χ3v) is 3.41. The van der Waals surface area contributed by atoms with Gasteiger partial charge in [0.2, 0.25) is 0 Å². The first-order chi connectivity index (χ1) is 8.43. The monoisotopic (exact) mass is 271 g/mol. The maximum absolute atomic E-state index is 2.28. The smallest absolute Gasteiger partial charge is 0 e. The molecule has 97 valence electrons. The summed E-state index contributed by atoms with van der Waals surface area (Å²) in [4.78, 5) is 0. The van der Waals surface area contributed by atoms with Crippen LogP contribution in [0.25, 0.3) is 0 Å². The summed E-state index contributed by atoms with van der Waals surface area (Å²) in [6.45, 7) is 2.28. The van der Waals surface area contributed by atoms with E-state index in [-0.39, 0.29) is 51.4 Å². The minimum atomic E-state index is 0. The Balaban J connectivity index is 0.00000289. The minimum absolute atomic E-state index is 0. The van der Waals surface area contributed by atoms with Gasteiger partial charge in [0.25, 0.3) is 0 Å². The third kappa shape index (κ3) is 10.7. The summed E-state index contributed by atoms with van der Waals surface area (Å²) in [6.07, 6.45) is 14.0. The first-order valence-electron chi connectivity index (χ1n) is 7.47. The minimum Gasteiger partial charge on any atom is -0.0654 e. The van der Waals surface area contributed by atoms with Gasteiger partial charge in [-0.1, -0.05) is 88.6 Å². The molecule has 18 heavy (non-hydrogen) atoms. The fourth-order valence-corrected chi connectivity index (χ4v) is 2.28. The second kappa shape index (κ2) is 14.3. The molecule has 0 N–H and O–H groups in total. The average Bonchev–Trinajstić information content (AvgIpc) is 2.38. The van der Waals surface area contributed by atoms with Crippen molar-refractivity contribution >= 4 is 51.4 Å². The van der Waals surface area contributed by atoms with Gasteiger partial charge in [-0.3, -0.25) is 0 Å². The van der Waals surface area contributed by atoms with E-state index in [1.54, 1.807) is 0 Å². The molecule has 0 atom stereocenters. The van der Waals surface area contributed by atoms with E-state index >= 15 is 0 Å². The topological polar surface area (TPSA) is 0 Å². The summed E-state index contributed by atoms with van der Waals surface area (Å²) in [5.41, 5.74) is 1.50. The molecule has 0 nitrogen and oxygen atoms in total. The Hall–Kier alpha value is 0.856. The maximum atomic E-state index is 2.28. The second-order valence-electron chi connectivity index (χ2n) is 5.06. The molecule has 0 unspecified atom stereocenters. The fourth-order valence-electron chi connectivity index (χ4n) is 2.28. The largest absolute Gasteiger partial charge is 0.0654 e. The van der Waals surface area contributed by atoms with Crippen LogP contribution in [0.2, 0.25) is 0 Å². The van der Waals surface area contributed by atoms with E-state index in [4.69, 9.17) is 0 Å². The van der Waals surface area contributed by atoms with Gasteiger partial charge in [-0.25, -0.2) is 0 Å². The summed E-state index contributed by atoms with van der Waals surface area (Å²) < 4.78 is 0. The molecule has 1 aromatic rings. The van der Waals surface area contributed by atoms with Gasteiger partial charge < -0.3 is 0 Å². The molecule has 0 fully saturated rings. The van der Waals surface area contributed by atoms with Gasteiger partial charge in [0.1, 0.15) is 0 Å². The van der Waals surface area contributed by atoms with Crippen molar-refractivity contribution in [3.8, 4) is 0 Å². The van der Waals surface area contributed by atoms with E-state index in [1.165, 1.54) is 69.8 Å². The Labute approximate surface area is 156 Å². The van der Waals surface area contributed by atoms with Crippen molar-refractivity contribution in [2.75, 3.05) is 0 Å². The number of unbranched alkanes of at least 4 members (excludes halogenated alkanes) is 8. The van der Waals surface area contributed by atoms with Gasteiger partial charge >= 0.3 is 0 Å². The zero-order valence-corrected chi connectivity index (χ0v) is 15.6. The number of benzene rings is 1. The van der Waals surface area contributed by atoms with Crippen molar-refractivity contribution in [2.24, 2.45) is 0 Å². The van der Waals surface area contributed by atoms with Crippen molar-refractivity contribution in [3.05, 3.63) is 35.9 Å². The van der Waals surface area contributed by atoms with Gasteiger partial charge in [0, 0.05) is 51.4 Å². The van der Waals surface area contributed by atoms with Crippen LogP contribution in [0.15, 0.2) is 30.3 Å². The summed E-state index contributed by atoms with van der Waals surface area (Å²) in [5.74, 6) is 0. The first kappa shape index (κ1) is 18.9. The molecule has 0 saturated heterocycles. The van der Waals surface area contributed by atoms with Gasteiger partial charge in [0.05, 0.1) is 0 Å². The summed E-state index contributed by atoms with van der Waals surface area (Å²) in [5, 5.41) is 0. The second-order valence-corrected chi connectivity index (χ2v) is 5.06. The summed E-state index contributed by atoms with van der Waals surface area (Å²) in [7, 11) is 0. The average molecular weight is 272 g/mol. The predicted molar refractivity (Wildman–Crippen MR) is 83.1 cm³/mol. The normalized spacial score (nSPS) is 10.1. The van der Waals surface area contributed by atoms with Gasteiger partial charge in [-0.15, -0.1) is 0 Å². The van der Waals surface area contributed by atoms with Crippen molar-refractivity contribution in [2.45, 2.75) is 71.1 Å². The van der Waals surface area contributed by atoms with Crippen molar-refractivity contribution in [3.63, 3.8) is 0 Å². The molecule has 0 aromatic heterocycles. The Kier molecular flexibility index (Phi) is 14.9. The van der Waals surface area contributed by atoms with E-state index in [0.29, 0.717) is 0 Å². The zero-order valence-electron chi connectivity index (χ0n) is 12.5. The molecule has 0 heterocycles. The van der Waals surface area contributed by atoms with Crippen LogP contribution in [0, 0.1) is 0 Å². The van der Waals surface area contributed by atoms with E-state index < -0.39 is 0 Å². The fraction of sp³-hybridized carbons (Fsp3) is 0.647. The zero-order chi connectivity index (χ0) is 12.2. The molecule has 0 saturated carbocycles. The van der Waals surface area contributed by atoms with Crippen LogP contribution in [0.5, 0.6) is 0 Å². The van der Waals surface area contributed by atoms with Gasteiger partial charge in [0.15, 0.2) is 0 Å². The van der Waals surface area contributed by atoms with Crippen LogP contribution < -0.4 is 0 Å². The SMILES string of the molecule is CCCCCCCCCCCc1ccccc1.[K]. The van der Waals surface area contributed by atoms with Crippen LogP contribution in [0.3, 0.4) is 0 Å². The molecule has 1 aromatic carbocycles. The van der Waals surface area contributed by atoms with E-state index in [0.717, 1.165) is 0 Å². The molecule has 0 amide bonds.